The fourth-order valence-corrected chi connectivity index (χ4v) is 1.75. The smallest absolute Gasteiger partial charge is 0.337 e. The van der Waals surface area contributed by atoms with Crippen LogP contribution in [0.3, 0.4) is 0 Å². The first-order valence-electron chi connectivity index (χ1n) is 5.59. The van der Waals surface area contributed by atoms with E-state index in [2.05, 4.69) is 4.74 Å². The standard InChI is InChI=1S/C10H18O8/c1-2-17-10(16)8(15)9-7(14)6(13)5(12)4(3-11)18-9/h4-9,11-15H,2-3H2,1H3/t4-,5-,6+,7+,8?,9?/m1/s1. The minimum Gasteiger partial charge on any atom is -0.464 e. The third-order valence-corrected chi connectivity index (χ3v) is 2.77. The lowest BCUT2D eigenvalue weighted by molar-refractivity contribution is -0.250. The number of esters is 1. The molecule has 0 aliphatic carbocycles. The molecule has 0 aromatic carbocycles. The van der Waals surface area contributed by atoms with E-state index in [1.54, 1.807) is 0 Å². The molecule has 0 bridgehead atoms. The van der Waals surface area contributed by atoms with Gasteiger partial charge in [0.2, 0.25) is 0 Å². The van der Waals surface area contributed by atoms with E-state index < -0.39 is 49.2 Å². The predicted molar refractivity (Wildman–Crippen MR) is 56.4 cm³/mol. The monoisotopic (exact) mass is 266 g/mol. The molecule has 2 unspecified atom stereocenters. The highest BCUT2D eigenvalue weighted by atomic mass is 16.6. The van der Waals surface area contributed by atoms with Gasteiger partial charge in [-0.1, -0.05) is 0 Å². The van der Waals surface area contributed by atoms with Crippen LogP contribution in [0, 0.1) is 0 Å². The van der Waals surface area contributed by atoms with Crippen molar-refractivity contribution in [2.75, 3.05) is 13.2 Å². The molecule has 0 aromatic rings. The van der Waals surface area contributed by atoms with Gasteiger partial charge in [-0.15, -0.1) is 0 Å². The summed E-state index contributed by atoms with van der Waals surface area (Å²) in [4.78, 5) is 11.3. The second kappa shape index (κ2) is 6.41. The third-order valence-electron chi connectivity index (χ3n) is 2.77. The van der Waals surface area contributed by atoms with E-state index in [-0.39, 0.29) is 6.61 Å². The van der Waals surface area contributed by atoms with Crippen molar-refractivity contribution in [3.05, 3.63) is 0 Å². The van der Waals surface area contributed by atoms with E-state index in [1.807, 2.05) is 0 Å². The van der Waals surface area contributed by atoms with Gasteiger partial charge >= 0.3 is 5.97 Å². The van der Waals surface area contributed by atoms with E-state index in [4.69, 9.17) is 9.84 Å². The highest BCUT2D eigenvalue weighted by Crippen LogP contribution is 2.23. The number of carbonyl (C=O) groups excluding carboxylic acids is 1. The van der Waals surface area contributed by atoms with Gasteiger partial charge < -0.3 is 35.0 Å². The topological polar surface area (TPSA) is 137 Å². The second-order valence-electron chi connectivity index (χ2n) is 3.99. The molecule has 0 saturated carbocycles. The van der Waals surface area contributed by atoms with Crippen LogP contribution in [0.5, 0.6) is 0 Å². The Bertz CT molecular complexity index is 281. The van der Waals surface area contributed by atoms with Crippen molar-refractivity contribution in [2.45, 2.75) is 43.5 Å². The molecule has 0 aromatic heterocycles. The molecule has 18 heavy (non-hydrogen) atoms. The molecule has 0 radical (unpaired) electrons. The van der Waals surface area contributed by atoms with Gasteiger partial charge in [-0.25, -0.2) is 4.79 Å². The van der Waals surface area contributed by atoms with Crippen LogP contribution >= 0.6 is 0 Å². The zero-order valence-electron chi connectivity index (χ0n) is 9.84. The Morgan fingerprint density at radius 2 is 1.89 bits per heavy atom. The highest BCUT2D eigenvalue weighted by molar-refractivity contribution is 5.75. The molecule has 1 saturated heterocycles. The van der Waals surface area contributed by atoms with Crippen molar-refractivity contribution in [3.8, 4) is 0 Å². The van der Waals surface area contributed by atoms with Crippen LogP contribution in [0.15, 0.2) is 0 Å². The van der Waals surface area contributed by atoms with Crippen LogP contribution < -0.4 is 0 Å². The molecule has 5 N–H and O–H groups in total. The Morgan fingerprint density at radius 3 is 2.39 bits per heavy atom. The SMILES string of the molecule is CCOC(=O)C(O)C1O[C@H](CO)[C@@H](O)[C@H](O)[C@@H]1O. The summed E-state index contributed by atoms with van der Waals surface area (Å²) in [6.07, 6.45) is -9.28. The molecule has 1 rings (SSSR count). The Labute approximate surface area is 103 Å². The number of aliphatic hydroxyl groups is 5. The Balaban J connectivity index is 2.77. The van der Waals surface area contributed by atoms with Crippen LogP contribution in [0.2, 0.25) is 0 Å². The van der Waals surface area contributed by atoms with Gasteiger partial charge in [-0.05, 0) is 6.92 Å². The summed E-state index contributed by atoms with van der Waals surface area (Å²) in [5.41, 5.74) is 0. The minimum absolute atomic E-state index is 0.0350. The fraction of sp³-hybridized carbons (Fsp3) is 0.900. The first-order chi connectivity index (χ1) is 8.43. The molecule has 106 valence electrons. The number of carbonyl (C=O) groups is 1. The summed E-state index contributed by atoms with van der Waals surface area (Å²) in [7, 11) is 0. The molecular weight excluding hydrogens is 248 g/mol. The van der Waals surface area contributed by atoms with Crippen LogP contribution in [-0.2, 0) is 14.3 Å². The summed E-state index contributed by atoms with van der Waals surface area (Å²) in [6.45, 7) is 0.947. The summed E-state index contributed by atoms with van der Waals surface area (Å²) in [6, 6.07) is 0. The molecule has 1 aliphatic heterocycles. The quantitative estimate of drug-likeness (QED) is 0.335. The van der Waals surface area contributed by atoms with Crippen molar-refractivity contribution in [1.29, 1.82) is 0 Å². The fourth-order valence-electron chi connectivity index (χ4n) is 1.75. The summed E-state index contributed by atoms with van der Waals surface area (Å²) < 4.78 is 9.55. The number of hydrogen-bond acceptors (Lipinski definition) is 8. The average molecular weight is 266 g/mol. The Morgan fingerprint density at radius 1 is 1.28 bits per heavy atom. The first-order valence-corrected chi connectivity index (χ1v) is 5.59. The van der Waals surface area contributed by atoms with Crippen molar-refractivity contribution >= 4 is 5.97 Å². The highest BCUT2D eigenvalue weighted by Gasteiger charge is 2.48. The normalized spacial score (nSPS) is 38.2. The summed E-state index contributed by atoms with van der Waals surface area (Å²) in [5, 5.41) is 47.2. The molecule has 6 atom stereocenters. The Hall–Kier alpha value is -0.770. The molecule has 1 heterocycles. The predicted octanol–water partition coefficient (Wildman–Crippen LogP) is -3.25. The van der Waals surface area contributed by atoms with Crippen molar-refractivity contribution in [1.82, 2.24) is 0 Å². The van der Waals surface area contributed by atoms with E-state index in [1.165, 1.54) is 6.92 Å². The maximum atomic E-state index is 11.3. The maximum absolute atomic E-state index is 11.3. The van der Waals surface area contributed by atoms with Gasteiger partial charge in [0.15, 0.2) is 6.10 Å². The van der Waals surface area contributed by atoms with Crippen LogP contribution in [0.1, 0.15) is 6.92 Å². The number of hydrogen-bond donors (Lipinski definition) is 5. The summed E-state index contributed by atoms with van der Waals surface area (Å²) in [5.74, 6) is -1.01. The number of aliphatic hydroxyl groups excluding tert-OH is 5. The van der Waals surface area contributed by atoms with Crippen molar-refractivity contribution < 1.29 is 39.8 Å². The molecule has 0 amide bonds. The zero-order valence-corrected chi connectivity index (χ0v) is 9.84. The van der Waals surface area contributed by atoms with Crippen molar-refractivity contribution in [3.63, 3.8) is 0 Å². The molecule has 0 spiro atoms. The van der Waals surface area contributed by atoms with Gasteiger partial charge in [0, 0.05) is 0 Å². The van der Waals surface area contributed by atoms with Crippen LogP contribution in [-0.4, -0.2) is 81.3 Å². The molecule has 1 fully saturated rings. The minimum atomic E-state index is -1.81. The van der Waals surface area contributed by atoms with Gasteiger partial charge in [0.25, 0.3) is 0 Å². The van der Waals surface area contributed by atoms with Crippen LogP contribution in [0.25, 0.3) is 0 Å². The van der Waals surface area contributed by atoms with Gasteiger partial charge in [-0.2, -0.15) is 0 Å². The third kappa shape index (κ3) is 2.97. The first kappa shape index (κ1) is 15.3. The maximum Gasteiger partial charge on any atom is 0.337 e. The molecule has 8 heteroatoms. The lowest BCUT2D eigenvalue weighted by Crippen LogP contribution is -2.62. The molecule has 1 aliphatic rings. The van der Waals surface area contributed by atoms with Gasteiger partial charge in [-0.3, -0.25) is 0 Å². The summed E-state index contributed by atoms with van der Waals surface area (Å²) >= 11 is 0. The van der Waals surface area contributed by atoms with E-state index in [0.29, 0.717) is 0 Å². The number of ether oxygens (including phenoxy) is 2. The Kier molecular flexibility index (Phi) is 5.45. The van der Waals surface area contributed by atoms with Crippen LogP contribution in [0.4, 0.5) is 0 Å². The average Bonchev–Trinajstić information content (AvgIpc) is 2.36. The number of rotatable bonds is 4. The molecular formula is C10H18O8. The van der Waals surface area contributed by atoms with Crippen molar-refractivity contribution in [2.24, 2.45) is 0 Å². The van der Waals surface area contributed by atoms with Gasteiger partial charge in [0.05, 0.1) is 13.2 Å². The second-order valence-corrected chi connectivity index (χ2v) is 3.99. The zero-order chi connectivity index (χ0) is 13.9. The van der Waals surface area contributed by atoms with E-state index in [0.717, 1.165) is 0 Å². The molecule has 8 nitrogen and oxygen atoms in total. The van der Waals surface area contributed by atoms with E-state index >= 15 is 0 Å². The lowest BCUT2D eigenvalue weighted by Gasteiger charge is -2.41. The van der Waals surface area contributed by atoms with Gasteiger partial charge in [0.1, 0.15) is 30.5 Å². The lowest BCUT2D eigenvalue weighted by atomic mass is 9.92. The van der Waals surface area contributed by atoms with E-state index in [9.17, 15) is 25.2 Å². The largest absolute Gasteiger partial charge is 0.464 e.